The summed E-state index contributed by atoms with van der Waals surface area (Å²) < 4.78 is 8.05. The Hall–Kier alpha value is -0.323. The van der Waals surface area contributed by atoms with Crippen LogP contribution in [0.3, 0.4) is 0 Å². The lowest BCUT2D eigenvalue weighted by Crippen LogP contribution is -2.43. The summed E-state index contributed by atoms with van der Waals surface area (Å²) in [5, 5.41) is 0.222. The van der Waals surface area contributed by atoms with Crippen molar-refractivity contribution < 1.29 is 4.43 Å². The summed E-state index contributed by atoms with van der Waals surface area (Å²) in [7, 11) is -1.79. The highest BCUT2D eigenvalue weighted by atomic mass is 32.2. The number of allylic oxidation sites excluding steroid dienone is 1. The van der Waals surface area contributed by atoms with Crippen LogP contribution in [-0.4, -0.2) is 19.8 Å². The molecule has 146 valence electrons. The average molecular weight is 409 g/mol. The molecule has 1 aliphatic rings. The third-order valence-electron chi connectivity index (χ3n) is 5.65. The fourth-order valence-corrected chi connectivity index (χ4v) is 6.18. The van der Waals surface area contributed by atoms with Crippen LogP contribution in [0, 0.1) is 0 Å². The van der Waals surface area contributed by atoms with E-state index in [2.05, 4.69) is 78.1 Å². The van der Waals surface area contributed by atoms with Crippen molar-refractivity contribution in [2.45, 2.75) is 77.4 Å². The van der Waals surface area contributed by atoms with Crippen LogP contribution in [0.25, 0.3) is 0 Å². The monoisotopic (exact) mass is 408 g/mol. The molecule has 1 fully saturated rings. The third kappa shape index (κ3) is 6.10. The standard InChI is InChI=1S/C22H36OS2Si/c1-21(2,3)26(6,7)23-19-12-8-11-18(17-19)22(4,5)14-9-13-20-24-15-10-16-25-20/h8,11-13,17H,9-10,14-16H2,1-7H3. The van der Waals surface area contributed by atoms with Crippen molar-refractivity contribution >= 4 is 31.8 Å². The fourth-order valence-electron chi connectivity index (χ4n) is 2.69. The zero-order valence-electron chi connectivity index (χ0n) is 17.6. The van der Waals surface area contributed by atoms with E-state index in [9.17, 15) is 0 Å². The molecule has 0 atom stereocenters. The molecule has 1 aromatic rings. The molecule has 0 N–H and O–H groups in total. The maximum atomic E-state index is 6.52. The molecule has 0 aliphatic carbocycles. The molecule has 1 aromatic carbocycles. The van der Waals surface area contributed by atoms with E-state index in [0.717, 1.165) is 12.2 Å². The maximum Gasteiger partial charge on any atom is 0.250 e. The SMILES string of the molecule is CC(C)(CCC=C1SCCCS1)c1cccc(O[Si](C)(C)C(C)(C)C)c1. The highest BCUT2D eigenvalue weighted by Crippen LogP contribution is 2.39. The van der Waals surface area contributed by atoms with Gasteiger partial charge in [0.25, 0.3) is 0 Å². The Balaban J connectivity index is 2.05. The van der Waals surface area contributed by atoms with E-state index in [1.54, 1.807) is 0 Å². The van der Waals surface area contributed by atoms with Gasteiger partial charge in [-0.05, 0) is 72.0 Å². The second-order valence-corrected chi connectivity index (χ2v) is 16.6. The highest BCUT2D eigenvalue weighted by Gasteiger charge is 2.39. The zero-order valence-corrected chi connectivity index (χ0v) is 20.3. The first-order valence-corrected chi connectivity index (χ1v) is 14.6. The van der Waals surface area contributed by atoms with Gasteiger partial charge < -0.3 is 4.43 Å². The third-order valence-corrected chi connectivity index (χ3v) is 12.6. The number of rotatable bonds is 6. The van der Waals surface area contributed by atoms with Crippen LogP contribution >= 0.6 is 23.5 Å². The Morgan fingerprint density at radius 2 is 1.73 bits per heavy atom. The first-order chi connectivity index (χ1) is 12.0. The molecule has 0 radical (unpaired) electrons. The molecule has 0 amide bonds. The summed E-state index contributed by atoms with van der Waals surface area (Å²) in [4.78, 5) is 0. The van der Waals surface area contributed by atoms with Gasteiger partial charge in [0, 0.05) is 4.24 Å². The molecule has 0 spiro atoms. The summed E-state index contributed by atoms with van der Waals surface area (Å²) in [6, 6.07) is 8.82. The number of benzene rings is 1. The average Bonchev–Trinajstić information content (AvgIpc) is 2.54. The molecular formula is C22H36OS2Si. The minimum absolute atomic E-state index is 0.161. The predicted molar refractivity (Wildman–Crippen MR) is 124 cm³/mol. The molecule has 4 heteroatoms. The van der Waals surface area contributed by atoms with Crippen molar-refractivity contribution in [1.82, 2.24) is 0 Å². The van der Waals surface area contributed by atoms with Gasteiger partial charge in [-0.25, -0.2) is 0 Å². The quantitative estimate of drug-likeness (QED) is 0.444. The molecule has 0 aromatic heterocycles. The van der Waals surface area contributed by atoms with Crippen molar-refractivity contribution in [2.24, 2.45) is 0 Å². The van der Waals surface area contributed by atoms with E-state index < -0.39 is 8.32 Å². The molecule has 1 aliphatic heterocycles. The molecule has 26 heavy (non-hydrogen) atoms. The van der Waals surface area contributed by atoms with Crippen LogP contribution in [0.2, 0.25) is 18.1 Å². The van der Waals surface area contributed by atoms with Gasteiger partial charge in [-0.2, -0.15) is 0 Å². The Morgan fingerprint density at radius 3 is 2.35 bits per heavy atom. The zero-order chi connectivity index (χ0) is 19.4. The summed E-state index contributed by atoms with van der Waals surface area (Å²) in [5.74, 6) is 3.61. The second kappa shape index (κ2) is 8.79. The molecule has 1 saturated heterocycles. The van der Waals surface area contributed by atoms with E-state index in [4.69, 9.17) is 4.43 Å². The summed E-state index contributed by atoms with van der Waals surface area (Å²) in [6.45, 7) is 16.2. The Labute approximate surface area is 170 Å². The molecule has 0 bridgehead atoms. The number of thioether (sulfide) groups is 2. The van der Waals surface area contributed by atoms with Crippen molar-refractivity contribution in [3.8, 4) is 5.75 Å². The number of hydrogen-bond acceptors (Lipinski definition) is 3. The number of hydrogen-bond donors (Lipinski definition) is 0. The second-order valence-electron chi connectivity index (χ2n) is 9.39. The van der Waals surface area contributed by atoms with Crippen molar-refractivity contribution in [3.05, 3.63) is 40.1 Å². The summed E-state index contributed by atoms with van der Waals surface area (Å²) in [5.41, 5.74) is 1.55. The van der Waals surface area contributed by atoms with Gasteiger partial charge in [0.1, 0.15) is 5.75 Å². The smallest absolute Gasteiger partial charge is 0.250 e. The topological polar surface area (TPSA) is 9.23 Å². The van der Waals surface area contributed by atoms with E-state index in [0.29, 0.717) is 0 Å². The van der Waals surface area contributed by atoms with Gasteiger partial charge in [-0.3, -0.25) is 0 Å². The highest BCUT2D eigenvalue weighted by molar-refractivity contribution is 8.22. The largest absolute Gasteiger partial charge is 0.543 e. The van der Waals surface area contributed by atoms with E-state index in [1.165, 1.54) is 34.1 Å². The molecule has 1 heterocycles. The van der Waals surface area contributed by atoms with Gasteiger partial charge >= 0.3 is 0 Å². The first-order valence-electron chi connectivity index (χ1n) is 9.77. The van der Waals surface area contributed by atoms with Gasteiger partial charge in [0.15, 0.2) is 0 Å². The minimum atomic E-state index is -1.79. The maximum absolute atomic E-state index is 6.52. The van der Waals surface area contributed by atoms with Gasteiger partial charge in [-0.15, -0.1) is 23.5 Å². The molecule has 1 nitrogen and oxygen atoms in total. The summed E-state index contributed by atoms with van der Waals surface area (Å²) in [6.07, 6.45) is 6.11. The van der Waals surface area contributed by atoms with Gasteiger partial charge in [0.05, 0.1) is 0 Å². The normalized spacial score (nSPS) is 16.5. The van der Waals surface area contributed by atoms with Crippen LogP contribution in [-0.2, 0) is 5.41 Å². The fraction of sp³-hybridized carbons (Fsp3) is 0.636. The van der Waals surface area contributed by atoms with Crippen molar-refractivity contribution in [3.63, 3.8) is 0 Å². The van der Waals surface area contributed by atoms with Gasteiger partial charge in [-0.1, -0.05) is 52.8 Å². The van der Waals surface area contributed by atoms with Gasteiger partial charge in [0.2, 0.25) is 8.32 Å². The Kier molecular flexibility index (Phi) is 7.43. The predicted octanol–water partition coefficient (Wildman–Crippen LogP) is 7.84. The summed E-state index contributed by atoms with van der Waals surface area (Å²) >= 11 is 4.06. The molecule has 0 unspecified atom stereocenters. The molecule has 2 rings (SSSR count). The van der Waals surface area contributed by atoms with Crippen LogP contribution < -0.4 is 4.43 Å². The minimum Gasteiger partial charge on any atom is -0.543 e. The van der Waals surface area contributed by atoms with E-state index in [-0.39, 0.29) is 10.5 Å². The Bertz CT molecular complexity index is 621. The lowest BCUT2D eigenvalue weighted by molar-refractivity contribution is 0.471. The van der Waals surface area contributed by atoms with E-state index in [1.807, 2.05) is 23.5 Å². The van der Waals surface area contributed by atoms with Crippen LogP contribution in [0.15, 0.2) is 34.6 Å². The molecular weight excluding hydrogens is 372 g/mol. The van der Waals surface area contributed by atoms with Crippen molar-refractivity contribution in [2.75, 3.05) is 11.5 Å². The van der Waals surface area contributed by atoms with Crippen LogP contribution in [0.4, 0.5) is 0 Å². The first kappa shape index (κ1) is 22.0. The van der Waals surface area contributed by atoms with E-state index >= 15 is 0 Å². The lowest BCUT2D eigenvalue weighted by atomic mass is 9.80. The lowest BCUT2D eigenvalue weighted by Gasteiger charge is -2.37. The van der Waals surface area contributed by atoms with Crippen LogP contribution in [0.5, 0.6) is 5.75 Å². The molecule has 0 saturated carbocycles. The Morgan fingerprint density at radius 1 is 1.08 bits per heavy atom. The van der Waals surface area contributed by atoms with Crippen LogP contribution in [0.1, 0.15) is 59.4 Å². The van der Waals surface area contributed by atoms with Crippen molar-refractivity contribution in [1.29, 1.82) is 0 Å².